The molecule has 5 nitrogen and oxygen atoms in total. The Morgan fingerprint density at radius 1 is 1.06 bits per heavy atom. The number of H-pyrrole nitrogens is 1. The topological polar surface area (TPSA) is 58.2 Å². The molecule has 35 heavy (non-hydrogen) atoms. The fourth-order valence-electron chi connectivity index (χ4n) is 6.08. The van der Waals surface area contributed by atoms with E-state index in [9.17, 15) is 4.79 Å². The number of nitrogens with one attached hydrogen (secondary N) is 1. The van der Waals surface area contributed by atoms with Crippen molar-refractivity contribution in [2.75, 3.05) is 26.3 Å². The van der Waals surface area contributed by atoms with Gasteiger partial charge in [-0.2, -0.15) is 0 Å². The third kappa shape index (κ3) is 5.16. The number of piperidine rings is 1. The van der Waals surface area contributed by atoms with Gasteiger partial charge in [-0.05, 0) is 92.7 Å². The molecule has 2 aliphatic rings. The number of amides is 1. The molecular formula is C30H39N3O2. The Bertz CT molecular complexity index is 1180. The standard InChI is InChI=1S/C30H39N3O2/c1-19(2)29-26-18-24(5-6-27(26)32-30(29)25-15-20(3)31-21(4)16-25)23-7-11-33(12-8-23)28(34)17-22-9-13-35-14-10-22/h5-6,15-16,18-19,22-23,32H,7-14,17H2,1-4H3. The number of rotatable bonds is 5. The van der Waals surface area contributed by atoms with E-state index in [2.05, 4.69) is 72.9 Å². The molecule has 5 heteroatoms. The highest BCUT2D eigenvalue weighted by Gasteiger charge is 2.27. The maximum atomic E-state index is 12.9. The predicted molar refractivity (Wildman–Crippen MR) is 142 cm³/mol. The fourth-order valence-corrected chi connectivity index (χ4v) is 6.08. The Hall–Kier alpha value is -2.66. The van der Waals surface area contributed by atoms with Crippen molar-refractivity contribution in [2.45, 2.75) is 71.6 Å². The molecule has 186 valence electrons. The molecule has 0 atom stereocenters. The normalized spacial score (nSPS) is 18.0. The summed E-state index contributed by atoms with van der Waals surface area (Å²) in [7, 11) is 0. The number of carbonyl (C=O) groups is 1. The first kappa shape index (κ1) is 24.1. The smallest absolute Gasteiger partial charge is 0.222 e. The van der Waals surface area contributed by atoms with E-state index in [1.54, 1.807) is 0 Å². The first-order valence-corrected chi connectivity index (χ1v) is 13.4. The van der Waals surface area contributed by atoms with Gasteiger partial charge in [-0.15, -0.1) is 0 Å². The first-order valence-electron chi connectivity index (χ1n) is 13.4. The van der Waals surface area contributed by atoms with E-state index >= 15 is 0 Å². The summed E-state index contributed by atoms with van der Waals surface area (Å²) in [6, 6.07) is 11.3. The van der Waals surface area contributed by atoms with Gasteiger partial charge in [0.1, 0.15) is 0 Å². The summed E-state index contributed by atoms with van der Waals surface area (Å²) in [5.41, 5.74) is 8.52. The van der Waals surface area contributed by atoms with Crippen LogP contribution in [0.5, 0.6) is 0 Å². The van der Waals surface area contributed by atoms with Gasteiger partial charge in [0.05, 0.1) is 5.69 Å². The van der Waals surface area contributed by atoms with Crippen molar-refractivity contribution in [1.29, 1.82) is 0 Å². The number of likely N-dealkylation sites (tertiary alicyclic amines) is 1. The van der Waals surface area contributed by atoms with Crippen LogP contribution in [0.3, 0.4) is 0 Å². The van der Waals surface area contributed by atoms with E-state index in [0.717, 1.165) is 63.4 Å². The van der Waals surface area contributed by atoms with Crippen molar-refractivity contribution in [1.82, 2.24) is 14.9 Å². The average molecular weight is 474 g/mol. The molecule has 0 bridgehead atoms. The molecule has 2 aromatic heterocycles. The van der Waals surface area contributed by atoms with Crippen LogP contribution in [0.15, 0.2) is 30.3 Å². The summed E-state index contributed by atoms with van der Waals surface area (Å²) in [5.74, 6) is 1.76. The molecule has 0 radical (unpaired) electrons. The maximum absolute atomic E-state index is 12.9. The van der Waals surface area contributed by atoms with Crippen LogP contribution >= 0.6 is 0 Å². The maximum Gasteiger partial charge on any atom is 0.222 e. The predicted octanol–water partition coefficient (Wildman–Crippen LogP) is 6.49. The van der Waals surface area contributed by atoms with Crippen molar-refractivity contribution in [2.24, 2.45) is 5.92 Å². The van der Waals surface area contributed by atoms with Gasteiger partial charge >= 0.3 is 0 Å². The van der Waals surface area contributed by atoms with E-state index in [1.807, 2.05) is 0 Å². The lowest BCUT2D eigenvalue weighted by molar-refractivity contribution is -0.134. The Balaban J connectivity index is 1.34. The second-order valence-corrected chi connectivity index (χ2v) is 10.9. The van der Waals surface area contributed by atoms with Gasteiger partial charge in [0, 0.05) is 60.6 Å². The molecule has 0 unspecified atom stereocenters. The number of aromatic nitrogens is 2. The molecule has 1 amide bonds. The van der Waals surface area contributed by atoms with Crippen LogP contribution in [-0.2, 0) is 9.53 Å². The van der Waals surface area contributed by atoms with Crippen molar-refractivity contribution in [3.63, 3.8) is 0 Å². The van der Waals surface area contributed by atoms with Gasteiger partial charge in [-0.25, -0.2) is 0 Å². The van der Waals surface area contributed by atoms with E-state index in [4.69, 9.17) is 4.74 Å². The molecule has 0 saturated carbocycles. The molecule has 0 spiro atoms. The monoisotopic (exact) mass is 473 g/mol. The minimum absolute atomic E-state index is 0.339. The molecule has 2 fully saturated rings. The zero-order valence-corrected chi connectivity index (χ0v) is 21.7. The van der Waals surface area contributed by atoms with Crippen molar-refractivity contribution < 1.29 is 9.53 Å². The highest BCUT2D eigenvalue weighted by atomic mass is 16.5. The summed E-state index contributed by atoms with van der Waals surface area (Å²) >= 11 is 0. The Kier molecular flexibility index (Phi) is 6.97. The van der Waals surface area contributed by atoms with E-state index in [0.29, 0.717) is 30.1 Å². The van der Waals surface area contributed by atoms with E-state index < -0.39 is 0 Å². The molecule has 2 aliphatic heterocycles. The van der Waals surface area contributed by atoms with Crippen LogP contribution in [0.2, 0.25) is 0 Å². The first-order chi connectivity index (χ1) is 16.9. The van der Waals surface area contributed by atoms with Gasteiger partial charge in [-0.3, -0.25) is 9.78 Å². The lowest BCUT2D eigenvalue weighted by atomic mass is 9.87. The molecule has 0 aliphatic carbocycles. The summed E-state index contributed by atoms with van der Waals surface area (Å²) in [5, 5.41) is 1.33. The molecule has 3 aromatic rings. The molecule has 2 saturated heterocycles. The largest absolute Gasteiger partial charge is 0.381 e. The highest BCUT2D eigenvalue weighted by molar-refractivity contribution is 5.92. The van der Waals surface area contributed by atoms with Crippen LogP contribution in [0.4, 0.5) is 0 Å². The number of aromatic amines is 1. The lowest BCUT2D eigenvalue weighted by Crippen LogP contribution is -2.39. The zero-order chi connectivity index (χ0) is 24.5. The minimum Gasteiger partial charge on any atom is -0.381 e. The molecule has 5 rings (SSSR count). The number of pyridine rings is 1. The van der Waals surface area contributed by atoms with Gasteiger partial charge in [0.25, 0.3) is 0 Å². The summed E-state index contributed by atoms with van der Waals surface area (Å²) in [4.78, 5) is 23.3. The van der Waals surface area contributed by atoms with Crippen molar-refractivity contribution in [3.8, 4) is 11.3 Å². The number of carbonyl (C=O) groups excluding carboxylic acids is 1. The number of ether oxygens (including phenoxy) is 1. The van der Waals surface area contributed by atoms with Gasteiger partial charge in [-0.1, -0.05) is 19.9 Å². The quantitative estimate of drug-likeness (QED) is 0.461. The summed E-state index contributed by atoms with van der Waals surface area (Å²) in [6.45, 7) is 12.0. The Morgan fingerprint density at radius 3 is 2.40 bits per heavy atom. The summed E-state index contributed by atoms with van der Waals surface area (Å²) < 4.78 is 5.45. The molecule has 1 N–H and O–H groups in total. The number of aryl methyl sites for hydroxylation is 2. The lowest BCUT2D eigenvalue weighted by Gasteiger charge is -2.33. The number of fused-ring (bicyclic) bond motifs is 1. The zero-order valence-electron chi connectivity index (χ0n) is 21.7. The van der Waals surface area contributed by atoms with Gasteiger partial charge < -0.3 is 14.6 Å². The average Bonchev–Trinajstić information content (AvgIpc) is 3.23. The van der Waals surface area contributed by atoms with Gasteiger partial charge in [0.15, 0.2) is 0 Å². The van der Waals surface area contributed by atoms with Crippen LogP contribution in [0, 0.1) is 19.8 Å². The Morgan fingerprint density at radius 2 is 1.74 bits per heavy atom. The van der Waals surface area contributed by atoms with E-state index in [1.165, 1.54) is 33.3 Å². The molecule has 1 aromatic carbocycles. The third-order valence-corrected chi connectivity index (χ3v) is 7.93. The van der Waals surface area contributed by atoms with Crippen LogP contribution < -0.4 is 0 Å². The SMILES string of the molecule is Cc1cc(-c2[nH]c3ccc(C4CCN(C(=O)CC5CCOCC5)CC4)cc3c2C(C)C)cc(C)n1. The number of nitrogens with zero attached hydrogens (tertiary/aromatic N) is 2. The van der Waals surface area contributed by atoms with Crippen LogP contribution in [0.25, 0.3) is 22.2 Å². The third-order valence-electron chi connectivity index (χ3n) is 7.93. The second kappa shape index (κ2) is 10.1. The fraction of sp³-hybridized carbons (Fsp3) is 0.533. The number of benzene rings is 1. The Labute approximate surface area is 209 Å². The van der Waals surface area contributed by atoms with Crippen molar-refractivity contribution >= 4 is 16.8 Å². The van der Waals surface area contributed by atoms with Crippen LogP contribution in [-0.4, -0.2) is 47.1 Å². The number of hydrogen-bond acceptors (Lipinski definition) is 3. The van der Waals surface area contributed by atoms with Gasteiger partial charge in [0.2, 0.25) is 5.91 Å². The van der Waals surface area contributed by atoms with Crippen LogP contribution in [0.1, 0.15) is 80.3 Å². The number of hydrogen-bond donors (Lipinski definition) is 1. The second-order valence-electron chi connectivity index (χ2n) is 10.9. The summed E-state index contributed by atoms with van der Waals surface area (Å²) in [6.07, 6.45) is 4.83. The van der Waals surface area contributed by atoms with E-state index in [-0.39, 0.29) is 0 Å². The molecule has 4 heterocycles. The van der Waals surface area contributed by atoms with Crippen molar-refractivity contribution in [3.05, 3.63) is 52.8 Å². The molecular weight excluding hydrogens is 434 g/mol. The highest BCUT2D eigenvalue weighted by Crippen LogP contribution is 2.38. The minimum atomic E-state index is 0.339.